The largest absolute Gasteiger partial charge is 0.457 e. The molecule has 0 fully saturated rings. The van der Waals surface area contributed by atoms with E-state index in [0.717, 1.165) is 24.0 Å². The molecule has 0 saturated heterocycles. The van der Waals surface area contributed by atoms with Crippen LogP contribution in [0.2, 0.25) is 0 Å². The number of Topliss-reactive ketones (excluding diaryl/α,β-unsaturated/α-hetero) is 1. The number of rotatable bonds is 13. The molecule has 0 amide bonds. The van der Waals surface area contributed by atoms with Gasteiger partial charge in [-0.3, -0.25) is 9.59 Å². The van der Waals surface area contributed by atoms with E-state index in [0.29, 0.717) is 12.0 Å². The molecule has 0 saturated carbocycles. The van der Waals surface area contributed by atoms with Gasteiger partial charge in [0.15, 0.2) is 12.4 Å². The summed E-state index contributed by atoms with van der Waals surface area (Å²) in [7, 11) is 0. The smallest absolute Gasteiger partial charge is 0.306 e. The highest BCUT2D eigenvalue weighted by molar-refractivity contribution is 5.98. The summed E-state index contributed by atoms with van der Waals surface area (Å²) < 4.78 is 5.14. The van der Waals surface area contributed by atoms with Crippen LogP contribution in [0.25, 0.3) is 11.1 Å². The maximum absolute atomic E-state index is 12.2. The Kier molecular flexibility index (Phi) is 10.1. The highest BCUT2D eigenvalue weighted by Gasteiger charge is 2.10. The second kappa shape index (κ2) is 12.9. The number of esters is 1. The van der Waals surface area contributed by atoms with E-state index in [1.54, 1.807) is 12.1 Å². The van der Waals surface area contributed by atoms with Crippen LogP contribution in [0.1, 0.15) is 75.1 Å². The number of benzene rings is 2. The zero-order chi connectivity index (χ0) is 20.0. The fourth-order valence-corrected chi connectivity index (χ4v) is 3.18. The van der Waals surface area contributed by atoms with Gasteiger partial charge >= 0.3 is 5.97 Å². The van der Waals surface area contributed by atoms with Gasteiger partial charge in [-0.15, -0.1) is 0 Å². The number of carbonyl (C=O) groups is 2. The van der Waals surface area contributed by atoms with Crippen LogP contribution in [-0.2, 0) is 9.53 Å². The third-order valence-corrected chi connectivity index (χ3v) is 4.91. The lowest BCUT2D eigenvalue weighted by atomic mass is 10.0. The van der Waals surface area contributed by atoms with Gasteiger partial charge < -0.3 is 4.74 Å². The summed E-state index contributed by atoms with van der Waals surface area (Å²) in [5, 5.41) is 0. The molecule has 0 atom stereocenters. The molecule has 3 heteroatoms. The normalized spacial score (nSPS) is 10.6. The minimum absolute atomic E-state index is 0.163. The van der Waals surface area contributed by atoms with Crippen molar-refractivity contribution < 1.29 is 14.3 Å². The molecule has 0 unspecified atom stereocenters. The first-order valence-corrected chi connectivity index (χ1v) is 10.5. The van der Waals surface area contributed by atoms with Crippen LogP contribution in [0.3, 0.4) is 0 Å². The number of hydrogen-bond donors (Lipinski definition) is 0. The molecule has 28 heavy (non-hydrogen) atoms. The number of ketones is 1. The first-order valence-electron chi connectivity index (χ1n) is 10.5. The van der Waals surface area contributed by atoms with E-state index in [1.165, 1.54) is 38.5 Å². The Morgan fingerprint density at radius 1 is 0.714 bits per heavy atom. The molecule has 0 radical (unpaired) electrons. The number of carbonyl (C=O) groups excluding carboxylic acids is 2. The third kappa shape index (κ3) is 8.08. The maximum atomic E-state index is 12.2. The van der Waals surface area contributed by atoms with E-state index in [2.05, 4.69) is 6.92 Å². The topological polar surface area (TPSA) is 43.4 Å². The average molecular weight is 381 g/mol. The van der Waals surface area contributed by atoms with Gasteiger partial charge in [-0.2, -0.15) is 0 Å². The van der Waals surface area contributed by atoms with Gasteiger partial charge in [-0.25, -0.2) is 0 Å². The van der Waals surface area contributed by atoms with E-state index >= 15 is 0 Å². The minimum atomic E-state index is -0.278. The van der Waals surface area contributed by atoms with Crippen LogP contribution in [0.15, 0.2) is 54.6 Å². The zero-order valence-corrected chi connectivity index (χ0v) is 17.0. The molecule has 0 heterocycles. The Morgan fingerprint density at radius 3 is 1.93 bits per heavy atom. The first-order chi connectivity index (χ1) is 13.7. The Balaban J connectivity index is 1.63. The van der Waals surface area contributed by atoms with Gasteiger partial charge in [-0.05, 0) is 17.5 Å². The van der Waals surface area contributed by atoms with Crippen molar-refractivity contribution in [3.63, 3.8) is 0 Å². The first kappa shape index (κ1) is 21.9. The van der Waals surface area contributed by atoms with Crippen molar-refractivity contribution in [3.8, 4) is 11.1 Å². The molecule has 0 bridgehead atoms. The molecule has 0 aliphatic heterocycles. The van der Waals surface area contributed by atoms with Crippen LogP contribution in [0, 0.1) is 0 Å². The lowest BCUT2D eigenvalue weighted by Gasteiger charge is -2.06. The summed E-state index contributed by atoms with van der Waals surface area (Å²) in [5.74, 6) is -0.441. The van der Waals surface area contributed by atoms with Gasteiger partial charge in [0, 0.05) is 12.0 Å². The van der Waals surface area contributed by atoms with Crippen molar-refractivity contribution in [2.45, 2.75) is 64.7 Å². The Hall–Kier alpha value is -2.42. The van der Waals surface area contributed by atoms with E-state index in [4.69, 9.17) is 4.74 Å². The van der Waals surface area contributed by atoms with Crippen LogP contribution in [-0.4, -0.2) is 18.4 Å². The highest BCUT2D eigenvalue weighted by atomic mass is 16.5. The van der Waals surface area contributed by atoms with Crippen molar-refractivity contribution in [1.29, 1.82) is 0 Å². The predicted octanol–water partition coefficient (Wildman–Crippen LogP) is 6.61. The lowest BCUT2D eigenvalue weighted by molar-refractivity contribution is -0.142. The van der Waals surface area contributed by atoms with Crippen LogP contribution in [0.5, 0.6) is 0 Å². The summed E-state index contributed by atoms with van der Waals surface area (Å²) in [6.07, 6.45) is 9.88. The van der Waals surface area contributed by atoms with Gasteiger partial charge in [0.1, 0.15) is 0 Å². The Bertz CT molecular complexity index is 704. The summed E-state index contributed by atoms with van der Waals surface area (Å²) in [6.45, 7) is 2.04. The quantitative estimate of drug-likeness (QED) is 0.223. The molecule has 150 valence electrons. The molecule has 0 aromatic heterocycles. The molecule has 0 aliphatic carbocycles. The second-order valence-corrected chi connectivity index (χ2v) is 7.25. The second-order valence-electron chi connectivity index (χ2n) is 7.25. The van der Waals surface area contributed by atoms with Crippen molar-refractivity contribution in [1.82, 2.24) is 0 Å². The summed E-state index contributed by atoms with van der Waals surface area (Å²) >= 11 is 0. The van der Waals surface area contributed by atoms with Gasteiger partial charge in [0.25, 0.3) is 0 Å². The summed E-state index contributed by atoms with van der Waals surface area (Å²) in [6, 6.07) is 17.4. The highest BCUT2D eigenvalue weighted by Crippen LogP contribution is 2.19. The molecule has 3 nitrogen and oxygen atoms in total. The monoisotopic (exact) mass is 380 g/mol. The summed E-state index contributed by atoms with van der Waals surface area (Å²) in [4.78, 5) is 24.0. The van der Waals surface area contributed by atoms with Crippen LogP contribution >= 0.6 is 0 Å². The lowest BCUT2D eigenvalue weighted by Crippen LogP contribution is -2.13. The maximum Gasteiger partial charge on any atom is 0.306 e. The minimum Gasteiger partial charge on any atom is -0.457 e. The Morgan fingerprint density at radius 2 is 1.29 bits per heavy atom. The van der Waals surface area contributed by atoms with Crippen molar-refractivity contribution in [2.24, 2.45) is 0 Å². The predicted molar refractivity (Wildman–Crippen MR) is 114 cm³/mol. The van der Waals surface area contributed by atoms with E-state index in [9.17, 15) is 9.59 Å². The van der Waals surface area contributed by atoms with E-state index in [-0.39, 0.29) is 18.4 Å². The van der Waals surface area contributed by atoms with Crippen molar-refractivity contribution in [3.05, 3.63) is 60.2 Å². The van der Waals surface area contributed by atoms with Crippen LogP contribution < -0.4 is 0 Å². The summed E-state index contributed by atoms with van der Waals surface area (Å²) in [5.41, 5.74) is 2.74. The molecule has 2 aromatic carbocycles. The van der Waals surface area contributed by atoms with Crippen molar-refractivity contribution in [2.75, 3.05) is 6.61 Å². The number of hydrogen-bond acceptors (Lipinski definition) is 3. The van der Waals surface area contributed by atoms with Gasteiger partial charge in [0.05, 0.1) is 0 Å². The molecular weight excluding hydrogens is 348 g/mol. The SMILES string of the molecule is CCCCCCCCCCC(=O)OCC(=O)c1ccc(-c2ccccc2)cc1. The Labute approximate surface area is 169 Å². The van der Waals surface area contributed by atoms with Crippen molar-refractivity contribution >= 4 is 11.8 Å². The molecule has 0 aliphatic rings. The van der Waals surface area contributed by atoms with E-state index in [1.807, 2.05) is 42.5 Å². The van der Waals surface area contributed by atoms with Crippen LogP contribution in [0.4, 0.5) is 0 Å². The molecular formula is C25H32O3. The van der Waals surface area contributed by atoms with Gasteiger partial charge in [-0.1, -0.05) is 106 Å². The molecule has 0 N–H and O–H groups in total. The number of ether oxygens (including phenoxy) is 1. The molecule has 2 rings (SSSR count). The zero-order valence-electron chi connectivity index (χ0n) is 17.0. The molecule has 0 spiro atoms. The van der Waals surface area contributed by atoms with E-state index < -0.39 is 0 Å². The fraction of sp³-hybridized carbons (Fsp3) is 0.440. The standard InChI is InChI=1S/C25H32O3/c1-2-3-4-5-6-7-8-12-15-25(27)28-20-24(26)23-18-16-22(17-19-23)21-13-10-9-11-14-21/h9-11,13-14,16-19H,2-8,12,15,20H2,1H3. The number of unbranched alkanes of at least 4 members (excludes halogenated alkanes) is 7. The third-order valence-electron chi connectivity index (χ3n) is 4.91. The fourth-order valence-electron chi connectivity index (χ4n) is 3.18. The molecule has 2 aromatic rings. The van der Waals surface area contributed by atoms with Gasteiger partial charge in [0.2, 0.25) is 0 Å². The average Bonchev–Trinajstić information content (AvgIpc) is 2.74.